The van der Waals surface area contributed by atoms with Gasteiger partial charge < -0.3 is 5.32 Å². The predicted octanol–water partition coefficient (Wildman–Crippen LogP) is 3.18. The average molecular weight is 272 g/mol. The van der Waals surface area contributed by atoms with Crippen molar-refractivity contribution < 1.29 is 4.92 Å². The first-order valence-corrected chi connectivity index (χ1v) is 6.45. The molecule has 0 atom stereocenters. The van der Waals surface area contributed by atoms with Gasteiger partial charge in [-0.2, -0.15) is 0 Å². The minimum Gasteiger partial charge on any atom is -0.370 e. The van der Waals surface area contributed by atoms with Crippen molar-refractivity contribution in [3.05, 3.63) is 46.1 Å². The van der Waals surface area contributed by atoms with Crippen LogP contribution in [0.25, 0.3) is 11.4 Å². The molecule has 0 aliphatic rings. The largest absolute Gasteiger partial charge is 0.370 e. The van der Waals surface area contributed by atoms with Crippen LogP contribution in [0.2, 0.25) is 0 Å². The number of aryl methyl sites for hydroxylation is 1. The maximum Gasteiger partial charge on any atom is 0.280 e. The third-order valence-corrected chi connectivity index (χ3v) is 2.75. The molecule has 6 heteroatoms. The van der Waals surface area contributed by atoms with E-state index < -0.39 is 4.92 Å². The zero-order chi connectivity index (χ0) is 14.5. The molecule has 20 heavy (non-hydrogen) atoms. The van der Waals surface area contributed by atoms with Crippen molar-refractivity contribution in [3.8, 4) is 11.4 Å². The fraction of sp³-hybridized carbons (Fsp3) is 0.286. The molecule has 0 amide bonds. The van der Waals surface area contributed by atoms with Gasteiger partial charge in [0.05, 0.1) is 10.5 Å². The van der Waals surface area contributed by atoms with Gasteiger partial charge in [0.1, 0.15) is 5.82 Å². The van der Waals surface area contributed by atoms with Crippen LogP contribution in [0.5, 0.6) is 0 Å². The zero-order valence-electron chi connectivity index (χ0n) is 11.5. The molecule has 0 saturated carbocycles. The number of rotatable bonds is 5. The molecule has 0 aliphatic carbocycles. The summed E-state index contributed by atoms with van der Waals surface area (Å²) in [4.78, 5) is 19.3. The van der Waals surface area contributed by atoms with Crippen molar-refractivity contribution in [3.63, 3.8) is 0 Å². The number of nitrogens with one attached hydrogen (secondary N) is 1. The molecule has 1 N–H and O–H groups in total. The van der Waals surface area contributed by atoms with Crippen molar-refractivity contribution in [2.75, 3.05) is 11.9 Å². The summed E-state index contributed by atoms with van der Waals surface area (Å²) in [5, 5.41) is 14.2. The van der Waals surface area contributed by atoms with Gasteiger partial charge in [0.15, 0.2) is 5.82 Å². The highest BCUT2D eigenvalue weighted by Crippen LogP contribution is 2.27. The van der Waals surface area contributed by atoms with E-state index in [-0.39, 0.29) is 5.69 Å². The Morgan fingerprint density at radius 2 is 2.05 bits per heavy atom. The molecule has 0 bridgehead atoms. The second-order valence-corrected chi connectivity index (χ2v) is 4.42. The second kappa shape index (κ2) is 6.10. The molecular formula is C14H16N4O2. The topological polar surface area (TPSA) is 81.0 Å². The molecule has 1 heterocycles. The first-order chi connectivity index (χ1) is 9.61. The van der Waals surface area contributed by atoms with E-state index in [2.05, 4.69) is 22.2 Å². The molecule has 0 radical (unpaired) electrons. The van der Waals surface area contributed by atoms with E-state index in [1.165, 1.54) is 6.07 Å². The summed E-state index contributed by atoms with van der Waals surface area (Å²) in [6, 6.07) is 8.32. The maximum atomic E-state index is 11.1. The number of anilines is 1. The zero-order valence-corrected chi connectivity index (χ0v) is 11.5. The van der Waals surface area contributed by atoms with E-state index in [0.717, 1.165) is 18.7 Å². The molecule has 2 rings (SSSR count). The lowest BCUT2D eigenvalue weighted by Gasteiger charge is -2.08. The van der Waals surface area contributed by atoms with Gasteiger partial charge in [-0.15, -0.1) is 0 Å². The number of aromatic nitrogens is 2. The van der Waals surface area contributed by atoms with Crippen LogP contribution in [0.15, 0.2) is 30.3 Å². The highest BCUT2D eigenvalue weighted by Gasteiger charge is 2.17. The van der Waals surface area contributed by atoms with E-state index in [1.54, 1.807) is 18.2 Å². The van der Waals surface area contributed by atoms with Crippen LogP contribution in [0.1, 0.15) is 19.0 Å². The summed E-state index contributed by atoms with van der Waals surface area (Å²) in [6.45, 7) is 4.70. The van der Waals surface area contributed by atoms with Gasteiger partial charge in [-0.3, -0.25) is 10.1 Å². The first-order valence-electron chi connectivity index (χ1n) is 6.45. The van der Waals surface area contributed by atoms with Gasteiger partial charge in [-0.05, 0) is 19.4 Å². The summed E-state index contributed by atoms with van der Waals surface area (Å²) < 4.78 is 0. The van der Waals surface area contributed by atoms with E-state index in [4.69, 9.17) is 0 Å². The average Bonchev–Trinajstić information content (AvgIpc) is 2.44. The third-order valence-electron chi connectivity index (χ3n) is 2.75. The van der Waals surface area contributed by atoms with Crippen molar-refractivity contribution >= 4 is 11.5 Å². The van der Waals surface area contributed by atoms with Crippen molar-refractivity contribution in [2.45, 2.75) is 20.3 Å². The van der Waals surface area contributed by atoms with Gasteiger partial charge in [-0.1, -0.05) is 19.1 Å². The Hall–Kier alpha value is -2.50. The molecule has 0 aliphatic heterocycles. The monoisotopic (exact) mass is 272 g/mol. The van der Waals surface area contributed by atoms with E-state index in [1.807, 2.05) is 13.0 Å². The summed E-state index contributed by atoms with van der Waals surface area (Å²) in [6.07, 6.45) is 0.976. The molecule has 1 aromatic carbocycles. The first kappa shape index (κ1) is 13.9. The minimum atomic E-state index is -0.416. The number of hydrogen-bond donors (Lipinski definition) is 1. The molecule has 0 unspecified atom stereocenters. The molecule has 0 spiro atoms. The van der Waals surface area contributed by atoms with Crippen LogP contribution < -0.4 is 5.32 Å². The number of nitro benzene ring substituents is 1. The Bertz CT molecular complexity index is 628. The highest BCUT2D eigenvalue weighted by molar-refractivity contribution is 5.68. The van der Waals surface area contributed by atoms with Crippen molar-refractivity contribution in [1.82, 2.24) is 9.97 Å². The fourth-order valence-electron chi connectivity index (χ4n) is 1.85. The van der Waals surface area contributed by atoms with Crippen LogP contribution in [-0.4, -0.2) is 21.4 Å². The number of nitro groups is 1. The summed E-state index contributed by atoms with van der Waals surface area (Å²) in [7, 11) is 0. The minimum absolute atomic E-state index is 0.0135. The van der Waals surface area contributed by atoms with Gasteiger partial charge in [-0.25, -0.2) is 9.97 Å². The van der Waals surface area contributed by atoms with Crippen LogP contribution in [-0.2, 0) is 0 Å². The molecular weight excluding hydrogens is 256 g/mol. The van der Waals surface area contributed by atoms with Crippen LogP contribution in [0.3, 0.4) is 0 Å². The number of para-hydroxylation sites is 1. The lowest BCUT2D eigenvalue weighted by atomic mass is 10.1. The standard InChI is InChI=1S/C14H16N4O2/c1-3-8-15-13-9-10(2)16-14(17-13)11-6-4-5-7-12(11)18(19)20/h4-7,9H,3,8H2,1-2H3,(H,15,16,17). The highest BCUT2D eigenvalue weighted by atomic mass is 16.6. The Labute approximate surface area is 117 Å². The van der Waals surface area contributed by atoms with Gasteiger partial charge in [0, 0.05) is 24.4 Å². The lowest BCUT2D eigenvalue weighted by Crippen LogP contribution is -2.05. The fourth-order valence-corrected chi connectivity index (χ4v) is 1.85. The van der Waals surface area contributed by atoms with E-state index >= 15 is 0 Å². The maximum absolute atomic E-state index is 11.1. The second-order valence-electron chi connectivity index (χ2n) is 4.42. The molecule has 0 fully saturated rings. The number of benzene rings is 1. The SMILES string of the molecule is CCCNc1cc(C)nc(-c2ccccc2[N+](=O)[O-])n1. The molecule has 2 aromatic rings. The van der Waals surface area contributed by atoms with E-state index in [9.17, 15) is 10.1 Å². The predicted molar refractivity (Wildman–Crippen MR) is 77.6 cm³/mol. The smallest absolute Gasteiger partial charge is 0.280 e. The van der Waals surface area contributed by atoms with Crippen LogP contribution >= 0.6 is 0 Å². The molecule has 1 aromatic heterocycles. The Morgan fingerprint density at radius 1 is 1.30 bits per heavy atom. The lowest BCUT2D eigenvalue weighted by molar-refractivity contribution is -0.384. The Morgan fingerprint density at radius 3 is 2.75 bits per heavy atom. The van der Waals surface area contributed by atoms with Gasteiger partial charge >= 0.3 is 0 Å². The molecule has 104 valence electrons. The van der Waals surface area contributed by atoms with Crippen LogP contribution in [0, 0.1) is 17.0 Å². The van der Waals surface area contributed by atoms with Crippen molar-refractivity contribution in [1.29, 1.82) is 0 Å². The quantitative estimate of drug-likeness (QED) is 0.667. The van der Waals surface area contributed by atoms with E-state index in [0.29, 0.717) is 17.2 Å². The van der Waals surface area contributed by atoms with Gasteiger partial charge in [0.2, 0.25) is 0 Å². The van der Waals surface area contributed by atoms with Crippen LogP contribution in [0.4, 0.5) is 11.5 Å². The summed E-state index contributed by atoms with van der Waals surface area (Å²) in [5.74, 6) is 1.06. The van der Waals surface area contributed by atoms with Gasteiger partial charge in [0.25, 0.3) is 5.69 Å². The molecule has 6 nitrogen and oxygen atoms in total. The van der Waals surface area contributed by atoms with Crippen molar-refractivity contribution in [2.24, 2.45) is 0 Å². The normalized spacial score (nSPS) is 10.3. The third kappa shape index (κ3) is 3.09. The Balaban J connectivity index is 2.47. The number of hydrogen-bond acceptors (Lipinski definition) is 5. The summed E-state index contributed by atoms with van der Waals surface area (Å²) >= 11 is 0. The summed E-state index contributed by atoms with van der Waals surface area (Å²) in [5.41, 5.74) is 1.21. The molecule has 0 saturated heterocycles. The number of nitrogens with zero attached hydrogens (tertiary/aromatic N) is 3. The Kier molecular flexibility index (Phi) is 4.24.